The van der Waals surface area contributed by atoms with Crippen molar-refractivity contribution in [3.63, 3.8) is 0 Å². The number of benzene rings is 4. The van der Waals surface area contributed by atoms with Crippen LogP contribution in [0, 0.1) is 40.5 Å². The van der Waals surface area contributed by atoms with Gasteiger partial charge in [-0.2, -0.15) is 19.9 Å². The fourth-order valence-corrected chi connectivity index (χ4v) is 5.74. The van der Waals surface area contributed by atoms with E-state index in [-0.39, 0.29) is 57.1 Å². The van der Waals surface area contributed by atoms with Gasteiger partial charge in [-0.25, -0.2) is 0 Å². The van der Waals surface area contributed by atoms with Gasteiger partial charge in [0, 0.05) is 65.6 Å². The van der Waals surface area contributed by atoms with Crippen LogP contribution >= 0.6 is 11.8 Å². The highest BCUT2D eigenvalue weighted by molar-refractivity contribution is 8.14. The molecule has 19 nitrogen and oxygen atoms in total. The third-order valence-corrected chi connectivity index (χ3v) is 8.15. The highest BCUT2D eigenvalue weighted by atomic mass is 32.2. The summed E-state index contributed by atoms with van der Waals surface area (Å²) in [5.41, 5.74) is 1.78. The number of amidine groups is 1. The predicted molar refractivity (Wildman–Crippen MR) is 187 cm³/mol. The summed E-state index contributed by atoms with van der Waals surface area (Å²) in [5.74, 6) is -0.290. The summed E-state index contributed by atoms with van der Waals surface area (Å²) in [6.45, 7) is 0. The van der Waals surface area contributed by atoms with Crippen molar-refractivity contribution in [2.24, 2.45) is 4.99 Å². The van der Waals surface area contributed by atoms with Gasteiger partial charge in [0.05, 0.1) is 24.9 Å². The van der Waals surface area contributed by atoms with E-state index in [4.69, 9.17) is 0 Å². The van der Waals surface area contributed by atoms with Gasteiger partial charge in [0.15, 0.2) is 5.17 Å². The molecule has 0 saturated carbocycles. The van der Waals surface area contributed by atoms with Crippen molar-refractivity contribution in [1.82, 2.24) is 20.3 Å². The molecule has 1 aromatic heterocycles. The molecule has 4 aromatic carbocycles. The fraction of sp³-hybridized carbons (Fsp3) is 0.0323. The molecule has 0 aliphatic carbocycles. The number of nitrogens with one attached hydrogen (secondary N) is 3. The van der Waals surface area contributed by atoms with Gasteiger partial charge in [0.1, 0.15) is 0 Å². The molecule has 0 spiro atoms. The predicted octanol–water partition coefficient (Wildman–Crippen LogP) is 7.10. The largest absolute Gasteiger partial charge is 0.334 e. The number of nitro benzene ring substituents is 4. The van der Waals surface area contributed by atoms with Crippen LogP contribution in [0.2, 0.25) is 0 Å². The molecule has 0 saturated heterocycles. The van der Waals surface area contributed by atoms with Crippen molar-refractivity contribution >= 4 is 74.6 Å². The Bertz CT molecular complexity index is 2170. The molecule has 20 heteroatoms. The Kier molecular flexibility index (Phi) is 9.48. The number of non-ortho nitro benzene ring substituents is 4. The average molecular weight is 708 g/mol. The quantitative estimate of drug-likeness (QED) is 0.0913. The molecule has 51 heavy (non-hydrogen) atoms. The Balaban J connectivity index is 1.40. The van der Waals surface area contributed by atoms with E-state index in [9.17, 15) is 40.5 Å². The molecule has 0 amide bonds. The third-order valence-electron chi connectivity index (χ3n) is 7.07. The molecule has 1 atom stereocenters. The van der Waals surface area contributed by atoms with Crippen molar-refractivity contribution in [1.29, 1.82) is 0 Å². The van der Waals surface area contributed by atoms with Gasteiger partial charge >= 0.3 is 0 Å². The summed E-state index contributed by atoms with van der Waals surface area (Å²) in [6, 6.07) is 23.0. The molecule has 0 radical (unpaired) electrons. The Morgan fingerprint density at radius 3 is 1.61 bits per heavy atom. The first-order valence-electron chi connectivity index (χ1n) is 14.5. The van der Waals surface area contributed by atoms with Gasteiger partial charge in [0.2, 0.25) is 11.9 Å². The molecule has 1 aliphatic heterocycles. The van der Waals surface area contributed by atoms with Crippen LogP contribution in [0.4, 0.5) is 52.0 Å². The lowest BCUT2D eigenvalue weighted by Crippen LogP contribution is -2.24. The fourth-order valence-electron chi connectivity index (χ4n) is 4.70. The summed E-state index contributed by atoms with van der Waals surface area (Å²) < 4.78 is 0. The van der Waals surface area contributed by atoms with E-state index in [1.54, 1.807) is 36.4 Å². The number of hydrogen-bond acceptors (Lipinski definition) is 15. The molecule has 2 heterocycles. The van der Waals surface area contributed by atoms with Crippen LogP contribution in [0.3, 0.4) is 0 Å². The van der Waals surface area contributed by atoms with Crippen LogP contribution in [0.5, 0.6) is 0 Å². The minimum atomic E-state index is -0.561. The third kappa shape index (κ3) is 8.21. The highest BCUT2D eigenvalue weighted by Crippen LogP contribution is 2.38. The molecular formula is C31H21N11O8S. The second-order valence-corrected chi connectivity index (χ2v) is 11.6. The smallest absolute Gasteiger partial charge is 0.271 e. The lowest BCUT2D eigenvalue weighted by molar-refractivity contribution is -0.385. The number of nitrogens with zero attached hydrogens (tertiary/aromatic N) is 8. The summed E-state index contributed by atoms with van der Waals surface area (Å²) in [4.78, 5) is 60.8. The maximum absolute atomic E-state index is 11.4. The Morgan fingerprint density at radius 1 is 0.627 bits per heavy atom. The van der Waals surface area contributed by atoms with Gasteiger partial charge in [-0.1, -0.05) is 36.0 Å². The minimum Gasteiger partial charge on any atom is -0.334 e. The first kappa shape index (κ1) is 33.5. The normalized spacial score (nSPS) is 14.5. The van der Waals surface area contributed by atoms with Gasteiger partial charge in [-0.05, 0) is 41.5 Å². The summed E-state index contributed by atoms with van der Waals surface area (Å²) in [6.07, 6.45) is 1.84. The zero-order valence-electron chi connectivity index (χ0n) is 25.6. The topological polar surface area (TPSA) is 260 Å². The van der Waals surface area contributed by atoms with E-state index in [0.29, 0.717) is 16.8 Å². The Hall–Kier alpha value is -7.35. The number of aromatic nitrogens is 3. The van der Waals surface area contributed by atoms with Crippen molar-refractivity contribution in [2.45, 2.75) is 5.25 Å². The first-order valence-corrected chi connectivity index (χ1v) is 15.4. The van der Waals surface area contributed by atoms with Gasteiger partial charge in [-0.15, -0.1) is 0 Å². The van der Waals surface area contributed by atoms with Crippen LogP contribution in [-0.2, 0) is 0 Å². The summed E-state index contributed by atoms with van der Waals surface area (Å²) in [5, 5.41) is 54.0. The number of thioether (sulfide) groups is 1. The van der Waals surface area contributed by atoms with E-state index in [1.807, 2.05) is 6.08 Å². The maximum atomic E-state index is 11.4. The SMILES string of the molecule is O=[N+]([O-])c1ccc(C2=CC(c3ccc([N+](=O)[O-])cc3)S/C(=N\c3nc(Nc4cccc([N+](=O)[O-])c4)nc(Nc4cccc([N+](=O)[O-])c4)n3)N2)cc1. The second kappa shape index (κ2) is 14.4. The average Bonchev–Trinajstić information content (AvgIpc) is 3.11. The minimum absolute atomic E-state index is 0.0726. The van der Waals surface area contributed by atoms with Crippen molar-refractivity contribution in [3.8, 4) is 0 Å². The second-order valence-electron chi connectivity index (χ2n) is 10.5. The molecule has 1 unspecified atom stereocenters. The molecule has 254 valence electrons. The molecule has 6 rings (SSSR count). The molecule has 1 aliphatic rings. The monoisotopic (exact) mass is 707 g/mol. The van der Waals surface area contributed by atoms with Crippen LogP contribution in [0.15, 0.2) is 108 Å². The van der Waals surface area contributed by atoms with Crippen molar-refractivity contribution in [2.75, 3.05) is 10.6 Å². The number of nitro groups is 4. The molecule has 0 fully saturated rings. The molecule has 3 N–H and O–H groups in total. The van der Waals surface area contributed by atoms with Crippen molar-refractivity contribution < 1.29 is 19.7 Å². The van der Waals surface area contributed by atoms with E-state index >= 15 is 0 Å². The molecular weight excluding hydrogens is 686 g/mol. The number of anilines is 4. The number of hydrogen-bond donors (Lipinski definition) is 3. The van der Waals surface area contributed by atoms with Crippen LogP contribution in [-0.4, -0.2) is 39.8 Å². The van der Waals surface area contributed by atoms with Gasteiger partial charge in [0.25, 0.3) is 28.7 Å². The van der Waals surface area contributed by atoms with Gasteiger partial charge < -0.3 is 16.0 Å². The van der Waals surface area contributed by atoms with E-state index in [2.05, 4.69) is 35.9 Å². The standard InChI is InChI=1S/C31H21N11O8S/c43-39(44)22-11-7-18(8-12-22)26-17-27(19-9-13-23(14-10-19)40(45)46)51-31(34-26)38-30-36-28(32-20-3-1-5-24(15-20)41(47)48)35-29(37-30)33-21-4-2-6-25(16-21)42(49)50/h1-17,27H,(H3,32,33,34,35,36,37,38). The van der Waals surface area contributed by atoms with Crippen LogP contribution in [0.1, 0.15) is 16.4 Å². The summed E-state index contributed by atoms with van der Waals surface area (Å²) >= 11 is 1.22. The zero-order valence-corrected chi connectivity index (χ0v) is 26.5. The lowest BCUT2D eigenvalue weighted by Gasteiger charge is -2.24. The lowest BCUT2D eigenvalue weighted by atomic mass is 10.1. The maximum Gasteiger partial charge on any atom is 0.271 e. The van der Waals surface area contributed by atoms with E-state index < -0.39 is 24.9 Å². The van der Waals surface area contributed by atoms with Gasteiger partial charge in [-0.3, -0.25) is 40.5 Å². The highest BCUT2D eigenvalue weighted by Gasteiger charge is 2.24. The molecule has 5 aromatic rings. The number of aliphatic imine (C=N–C) groups is 1. The Morgan fingerprint density at radius 2 is 1.12 bits per heavy atom. The first-order chi connectivity index (χ1) is 24.5. The van der Waals surface area contributed by atoms with E-state index in [1.165, 1.54) is 72.4 Å². The van der Waals surface area contributed by atoms with Crippen molar-refractivity contribution in [3.05, 3.63) is 155 Å². The summed E-state index contributed by atoms with van der Waals surface area (Å²) in [7, 11) is 0. The zero-order chi connectivity index (χ0) is 36.1. The molecule has 0 bridgehead atoms. The number of rotatable bonds is 11. The van der Waals surface area contributed by atoms with Crippen LogP contribution < -0.4 is 16.0 Å². The van der Waals surface area contributed by atoms with Crippen LogP contribution in [0.25, 0.3) is 5.70 Å². The van der Waals surface area contributed by atoms with E-state index in [0.717, 1.165) is 0 Å². The Labute approximate surface area is 289 Å².